The fourth-order valence-electron chi connectivity index (χ4n) is 2.49. The lowest BCUT2D eigenvalue weighted by atomic mass is 10.1. The summed E-state index contributed by atoms with van der Waals surface area (Å²) in [6.07, 6.45) is 3.34. The maximum absolute atomic E-state index is 12.5. The van der Waals surface area contributed by atoms with Gasteiger partial charge in [-0.2, -0.15) is 8.75 Å². The lowest BCUT2D eigenvalue weighted by Gasteiger charge is -2.25. The number of nitrogens with zero attached hydrogens (tertiary/aromatic N) is 6. The van der Waals surface area contributed by atoms with Gasteiger partial charge in [-0.25, -0.2) is 4.68 Å². The molecule has 0 spiro atoms. The molecule has 0 aliphatic carbocycles. The third kappa shape index (κ3) is 2.80. The second kappa shape index (κ2) is 5.88. The number of aromatic nitrogens is 5. The van der Waals surface area contributed by atoms with Gasteiger partial charge in [-0.15, -0.1) is 5.10 Å². The van der Waals surface area contributed by atoms with Crippen LogP contribution in [0.3, 0.4) is 0 Å². The van der Waals surface area contributed by atoms with Crippen molar-refractivity contribution in [2.75, 3.05) is 13.1 Å². The molecule has 3 rings (SSSR count). The van der Waals surface area contributed by atoms with Crippen molar-refractivity contribution in [3.05, 3.63) is 22.8 Å². The van der Waals surface area contributed by atoms with E-state index in [0.717, 1.165) is 43.0 Å². The van der Waals surface area contributed by atoms with Crippen molar-refractivity contribution in [1.29, 1.82) is 0 Å². The van der Waals surface area contributed by atoms with Gasteiger partial charge in [-0.3, -0.25) is 4.79 Å². The summed E-state index contributed by atoms with van der Waals surface area (Å²) < 4.78 is 10.1. The van der Waals surface area contributed by atoms with Crippen LogP contribution in [0.2, 0.25) is 0 Å². The van der Waals surface area contributed by atoms with E-state index in [1.54, 1.807) is 4.68 Å². The molecule has 8 heteroatoms. The summed E-state index contributed by atoms with van der Waals surface area (Å²) in [4.78, 5) is 14.4. The van der Waals surface area contributed by atoms with E-state index >= 15 is 0 Å². The van der Waals surface area contributed by atoms with Gasteiger partial charge in [0.25, 0.3) is 5.91 Å². The first kappa shape index (κ1) is 14.1. The number of carbonyl (C=O) groups excluding carboxylic acids is 1. The minimum Gasteiger partial charge on any atom is -0.337 e. The molecule has 0 bridgehead atoms. The van der Waals surface area contributed by atoms with Gasteiger partial charge in [-0.1, -0.05) is 5.21 Å². The zero-order chi connectivity index (χ0) is 14.8. The standard InChI is InChI=1S/C13H18N6OS/c1-9-11(16-21-15-9)8-19-10(2)12(14-17-19)13(20)18-6-4-3-5-7-18/h3-8H2,1-2H3. The maximum Gasteiger partial charge on any atom is 0.276 e. The number of amides is 1. The molecule has 7 nitrogen and oxygen atoms in total. The van der Waals surface area contributed by atoms with Crippen LogP contribution in [0.1, 0.15) is 46.8 Å². The van der Waals surface area contributed by atoms with Crippen LogP contribution in [-0.4, -0.2) is 47.6 Å². The molecule has 0 N–H and O–H groups in total. The van der Waals surface area contributed by atoms with Crippen LogP contribution >= 0.6 is 11.7 Å². The molecular weight excluding hydrogens is 288 g/mol. The molecule has 0 unspecified atom stereocenters. The molecule has 2 aromatic heterocycles. The van der Waals surface area contributed by atoms with Gasteiger partial charge in [0.1, 0.15) is 0 Å². The highest BCUT2D eigenvalue weighted by Crippen LogP contribution is 2.15. The molecular formula is C13H18N6OS. The third-order valence-corrected chi connectivity index (χ3v) is 4.53. The summed E-state index contributed by atoms with van der Waals surface area (Å²) in [6, 6.07) is 0. The molecule has 2 aromatic rings. The highest BCUT2D eigenvalue weighted by Gasteiger charge is 2.24. The predicted octanol–water partition coefficient (Wildman–Crippen LogP) is 1.42. The molecule has 1 amide bonds. The third-order valence-electron chi connectivity index (χ3n) is 3.87. The van der Waals surface area contributed by atoms with Gasteiger partial charge in [0, 0.05) is 13.1 Å². The molecule has 0 radical (unpaired) electrons. The largest absolute Gasteiger partial charge is 0.337 e. The van der Waals surface area contributed by atoms with Gasteiger partial charge in [-0.05, 0) is 33.1 Å². The van der Waals surface area contributed by atoms with Crippen molar-refractivity contribution in [3.63, 3.8) is 0 Å². The van der Waals surface area contributed by atoms with Crippen molar-refractivity contribution < 1.29 is 4.79 Å². The Labute approximate surface area is 127 Å². The average Bonchev–Trinajstić information content (AvgIpc) is 3.07. The Bertz CT molecular complexity index is 643. The molecule has 1 aliphatic rings. The highest BCUT2D eigenvalue weighted by atomic mass is 32.1. The zero-order valence-electron chi connectivity index (χ0n) is 12.2. The molecule has 1 fully saturated rings. The number of piperidine rings is 1. The first-order chi connectivity index (χ1) is 10.2. The Morgan fingerprint density at radius 1 is 1.19 bits per heavy atom. The van der Waals surface area contributed by atoms with E-state index in [2.05, 4.69) is 19.1 Å². The second-order valence-corrected chi connectivity index (χ2v) is 5.86. The van der Waals surface area contributed by atoms with Gasteiger partial charge >= 0.3 is 0 Å². The molecule has 0 atom stereocenters. The maximum atomic E-state index is 12.5. The van der Waals surface area contributed by atoms with Crippen LogP contribution in [0.25, 0.3) is 0 Å². The van der Waals surface area contributed by atoms with Crippen LogP contribution in [0, 0.1) is 13.8 Å². The van der Waals surface area contributed by atoms with Crippen molar-refractivity contribution in [1.82, 2.24) is 28.6 Å². The minimum atomic E-state index is -0.00780. The van der Waals surface area contributed by atoms with Gasteiger partial charge in [0.2, 0.25) is 0 Å². The Morgan fingerprint density at radius 3 is 2.62 bits per heavy atom. The highest BCUT2D eigenvalue weighted by molar-refractivity contribution is 6.99. The van der Waals surface area contributed by atoms with Crippen LogP contribution in [0.5, 0.6) is 0 Å². The molecule has 21 heavy (non-hydrogen) atoms. The second-order valence-electron chi connectivity index (χ2n) is 5.33. The molecule has 112 valence electrons. The first-order valence-electron chi connectivity index (χ1n) is 7.14. The predicted molar refractivity (Wildman–Crippen MR) is 78.3 cm³/mol. The summed E-state index contributed by atoms with van der Waals surface area (Å²) in [5.74, 6) is -0.00780. The van der Waals surface area contributed by atoms with Crippen molar-refractivity contribution in [3.8, 4) is 0 Å². The van der Waals surface area contributed by atoms with E-state index in [-0.39, 0.29) is 5.91 Å². The zero-order valence-corrected chi connectivity index (χ0v) is 13.1. The SMILES string of the molecule is Cc1nsnc1Cn1nnc(C(=O)N2CCCCC2)c1C. The Morgan fingerprint density at radius 2 is 1.95 bits per heavy atom. The fraction of sp³-hybridized carbons (Fsp3) is 0.615. The lowest BCUT2D eigenvalue weighted by Crippen LogP contribution is -2.36. The lowest BCUT2D eigenvalue weighted by molar-refractivity contribution is 0.0717. The smallest absolute Gasteiger partial charge is 0.276 e. The van der Waals surface area contributed by atoms with Crippen LogP contribution in [0.15, 0.2) is 0 Å². The molecule has 3 heterocycles. The topological polar surface area (TPSA) is 76.8 Å². The van der Waals surface area contributed by atoms with E-state index in [4.69, 9.17) is 0 Å². The van der Waals surface area contributed by atoms with E-state index in [1.165, 1.54) is 18.1 Å². The molecule has 0 saturated carbocycles. The number of hydrogen-bond acceptors (Lipinski definition) is 6. The van der Waals surface area contributed by atoms with Gasteiger partial charge in [0.05, 0.1) is 35.4 Å². The number of carbonyl (C=O) groups is 1. The summed E-state index contributed by atoms with van der Waals surface area (Å²) in [5.41, 5.74) is 3.03. The van der Waals surface area contributed by atoms with Crippen LogP contribution in [0.4, 0.5) is 0 Å². The normalized spacial score (nSPS) is 15.4. The van der Waals surface area contributed by atoms with E-state index < -0.39 is 0 Å². The summed E-state index contributed by atoms with van der Waals surface area (Å²) in [6.45, 7) is 5.95. The van der Waals surface area contributed by atoms with Gasteiger partial charge < -0.3 is 4.90 Å². The van der Waals surface area contributed by atoms with Crippen molar-refractivity contribution in [2.24, 2.45) is 0 Å². The monoisotopic (exact) mass is 306 g/mol. The van der Waals surface area contributed by atoms with Crippen LogP contribution in [-0.2, 0) is 6.54 Å². The minimum absolute atomic E-state index is 0.00780. The summed E-state index contributed by atoms with van der Waals surface area (Å²) >= 11 is 1.19. The van der Waals surface area contributed by atoms with Gasteiger partial charge in [0.15, 0.2) is 5.69 Å². The number of aryl methyl sites for hydroxylation is 1. The number of hydrogen-bond donors (Lipinski definition) is 0. The average molecular weight is 306 g/mol. The summed E-state index contributed by atoms with van der Waals surface area (Å²) in [7, 11) is 0. The van der Waals surface area contributed by atoms with E-state index in [9.17, 15) is 4.79 Å². The Hall–Kier alpha value is -1.83. The van der Waals surface area contributed by atoms with E-state index in [1.807, 2.05) is 18.7 Å². The van der Waals surface area contributed by atoms with Crippen molar-refractivity contribution >= 4 is 17.6 Å². The molecule has 0 aromatic carbocycles. The number of likely N-dealkylation sites (tertiary alicyclic amines) is 1. The Kier molecular flexibility index (Phi) is 3.96. The summed E-state index contributed by atoms with van der Waals surface area (Å²) in [5, 5.41) is 8.18. The first-order valence-corrected chi connectivity index (χ1v) is 7.87. The number of rotatable bonds is 3. The fourth-order valence-corrected chi connectivity index (χ4v) is 3.05. The van der Waals surface area contributed by atoms with Crippen molar-refractivity contribution in [2.45, 2.75) is 39.7 Å². The van der Waals surface area contributed by atoms with E-state index in [0.29, 0.717) is 12.2 Å². The molecule has 1 saturated heterocycles. The quantitative estimate of drug-likeness (QED) is 0.857. The van der Waals surface area contributed by atoms with Crippen LogP contribution < -0.4 is 0 Å². The Balaban J connectivity index is 1.78. The molecule has 1 aliphatic heterocycles.